The molecule has 1 aromatic rings. The minimum Gasteiger partial charge on any atom is -0.478 e. The van der Waals surface area contributed by atoms with E-state index >= 15 is 0 Å². The number of unbranched alkanes of at least 4 members (excludes halogenated alkanes) is 3. The molecule has 0 spiro atoms. The van der Waals surface area contributed by atoms with Crippen molar-refractivity contribution in [1.29, 1.82) is 0 Å². The third-order valence-corrected chi connectivity index (χ3v) is 4.06. The molecule has 1 rings (SSSR count). The van der Waals surface area contributed by atoms with Crippen molar-refractivity contribution < 1.29 is 14.6 Å². The number of carboxylic acids is 1. The molecule has 0 fully saturated rings. The van der Waals surface area contributed by atoms with Gasteiger partial charge in [-0.3, -0.25) is 0 Å². The van der Waals surface area contributed by atoms with Crippen LogP contribution in [0, 0.1) is 0 Å². The van der Waals surface area contributed by atoms with Crippen LogP contribution in [0.3, 0.4) is 0 Å². The lowest BCUT2D eigenvalue weighted by atomic mass is 10.1. The highest BCUT2D eigenvalue weighted by Crippen LogP contribution is 2.20. The van der Waals surface area contributed by atoms with E-state index in [-0.39, 0.29) is 6.10 Å². The van der Waals surface area contributed by atoms with E-state index in [0.717, 1.165) is 16.9 Å². The number of carbonyl (C=O) groups is 1. The molecule has 0 bridgehead atoms. The minimum absolute atomic E-state index is 0.255. The van der Waals surface area contributed by atoms with Crippen molar-refractivity contribution in [3.63, 3.8) is 0 Å². The summed E-state index contributed by atoms with van der Waals surface area (Å²) in [5.41, 5.74) is 0.940. The van der Waals surface area contributed by atoms with Crippen molar-refractivity contribution in [2.45, 2.75) is 58.7 Å². The molecule has 112 valence electrons. The Morgan fingerprint density at radius 2 is 2.25 bits per heavy atom. The van der Waals surface area contributed by atoms with Gasteiger partial charge in [0.05, 0.1) is 12.7 Å². The Labute approximate surface area is 125 Å². The summed E-state index contributed by atoms with van der Waals surface area (Å²) >= 11 is 1.61. The molecule has 0 aromatic carbocycles. The summed E-state index contributed by atoms with van der Waals surface area (Å²) in [5.74, 6) is -0.924. The molecule has 1 unspecified atom stereocenters. The molecular weight excluding hydrogens is 272 g/mol. The molecule has 1 aromatic heterocycles. The highest BCUT2D eigenvalue weighted by atomic mass is 32.1. The van der Waals surface area contributed by atoms with Gasteiger partial charge >= 0.3 is 5.97 Å². The molecule has 0 amide bonds. The van der Waals surface area contributed by atoms with Gasteiger partial charge in [-0.25, -0.2) is 4.79 Å². The molecular formula is C16H24O3S. The second kappa shape index (κ2) is 9.72. The summed E-state index contributed by atoms with van der Waals surface area (Å²) < 4.78 is 5.84. The maximum absolute atomic E-state index is 10.5. The van der Waals surface area contributed by atoms with Gasteiger partial charge in [-0.1, -0.05) is 32.6 Å². The van der Waals surface area contributed by atoms with E-state index in [1.807, 2.05) is 11.4 Å². The van der Waals surface area contributed by atoms with Gasteiger partial charge in [-0.15, -0.1) is 11.3 Å². The zero-order valence-electron chi connectivity index (χ0n) is 12.3. The van der Waals surface area contributed by atoms with Gasteiger partial charge in [0, 0.05) is 11.0 Å². The van der Waals surface area contributed by atoms with Gasteiger partial charge < -0.3 is 9.84 Å². The Hall–Kier alpha value is -1.13. The van der Waals surface area contributed by atoms with Crippen LogP contribution >= 0.6 is 11.3 Å². The van der Waals surface area contributed by atoms with E-state index < -0.39 is 5.97 Å². The number of hydrogen-bond donors (Lipinski definition) is 1. The van der Waals surface area contributed by atoms with E-state index in [1.54, 1.807) is 17.4 Å². The normalized spacial score (nSPS) is 12.9. The zero-order valence-corrected chi connectivity index (χ0v) is 13.1. The Morgan fingerprint density at radius 3 is 2.95 bits per heavy atom. The van der Waals surface area contributed by atoms with Gasteiger partial charge in [-0.2, -0.15) is 0 Å². The Kier molecular flexibility index (Phi) is 8.23. The van der Waals surface area contributed by atoms with Gasteiger partial charge in [0.2, 0.25) is 0 Å². The molecule has 0 saturated heterocycles. The largest absolute Gasteiger partial charge is 0.478 e. The lowest BCUT2D eigenvalue weighted by molar-refractivity contribution is -0.131. The lowest BCUT2D eigenvalue weighted by Gasteiger charge is -2.12. The highest BCUT2D eigenvalue weighted by molar-refractivity contribution is 7.10. The predicted molar refractivity (Wildman–Crippen MR) is 84.0 cm³/mol. The van der Waals surface area contributed by atoms with Gasteiger partial charge in [-0.05, 0) is 36.4 Å². The Bertz CT molecular complexity index is 423. The van der Waals surface area contributed by atoms with Gasteiger partial charge in [0.1, 0.15) is 0 Å². The summed E-state index contributed by atoms with van der Waals surface area (Å²) in [6.45, 7) is 4.88. The quantitative estimate of drug-likeness (QED) is 0.502. The number of thiophene rings is 1. The first-order chi connectivity index (χ1) is 9.63. The first-order valence-electron chi connectivity index (χ1n) is 7.22. The van der Waals surface area contributed by atoms with Crippen LogP contribution in [0.2, 0.25) is 0 Å². The number of ether oxygens (including phenoxy) is 1. The highest BCUT2D eigenvalue weighted by Gasteiger charge is 2.06. The number of carboxylic acid groups (broad SMARTS) is 1. The third kappa shape index (κ3) is 6.87. The van der Waals surface area contributed by atoms with E-state index in [4.69, 9.17) is 9.84 Å². The molecule has 0 aliphatic rings. The molecule has 0 aliphatic carbocycles. The van der Waals surface area contributed by atoms with Crippen LogP contribution in [-0.4, -0.2) is 17.2 Å². The average molecular weight is 296 g/mol. The monoisotopic (exact) mass is 296 g/mol. The molecule has 1 atom stereocenters. The van der Waals surface area contributed by atoms with Crippen LogP contribution in [0.25, 0.3) is 6.08 Å². The summed E-state index contributed by atoms with van der Waals surface area (Å²) in [5, 5.41) is 10.6. The van der Waals surface area contributed by atoms with Crippen LogP contribution in [0.4, 0.5) is 0 Å². The summed E-state index contributed by atoms with van der Waals surface area (Å²) in [4.78, 5) is 11.6. The van der Waals surface area contributed by atoms with Crippen molar-refractivity contribution in [3.8, 4) is 0 Å². The second-order valence-electron chi connectivity index (χ2n) is 4.94. The van der Waals surface area contributed by atoms with Gasteiger partial charge in [0.25, 0.3) is 0 Å². The molecule has 1 N–H and O–H groups in total. The van der Waals surface area contributed by atoms with Crippen LogP contribution in [0.1, 0.15) is 56.4 Å². The fourth-order valence-electron chi connectivity index (χ4n) is 1.94. The SMILES string of the molecule is CCCCCCC(C)OCc1sccc1C=CC(=O)O. The number of hydrogen-bond acceptors (Lipinski definition) is 3. The maximum atomic E-state index is 10.5. The number of aliphatic carboxylic acids is 1. The second-order valence-corrected chi connectivity index (χ2v) is 5.94. The van der Waals surface area contributed by atoms with Crippen molar-refractivity contribution in [3.05, 3.63) is 28.0 Å². The standard InChI is InChI=1S/C16H24O3S/c1-3-4-5-6-7-13(2)19-12-15-14(10-11-20-15)8-9-16(17)18/h8-11,13H,3-7,12H2,1-2H3,(H,17,18). The average Bonchev–Trinajstić information content (AvgIpc) is 2.86. The van der Waals surface area contributed by atoms with Gasteiger partial charge in [0.15, 0.2) is 0 Å². The zero-order chi connectivity index (χ0) is 14.8. The van der Waals surface area contributed by atoms with Crippen molar-refractivity contribution in [1.82, 2.24) is 0 Å². The summed E-state index contributed by atoms with van der Waals surface area (Å²) in [6, 6.07) is 1.93. The maximum Gasteiger partial charge on any atom is 0.328 e. The smallest absolute Gasteiger partial charge is 0.328 e. The fourth-order valence-corrected chi connectivity index (χ4v) is 2.72. The molecule has 0 radical (unpaired) electrons. The van der Waals surface area contributed by atoms with Crippen LogP contribution < -0.4 is 0 Å². The van der Waals surface area contributed by atoms with E-state index in [1.165, 1.54) is 31.8 Å². The molecule has 1 heterocycles. The van der Waals surface area contributed by atoms with Crippen molar-refractivity contribution in [2.75, 3.05) is 0 Å². The summed E-state index contributed by atoms with van der Waals surface area (Å²) in [7, 11) is 0. The van der Waals surface area contributed by atoms with E-state index in [2.05, 4.69) is 13.8 Å². The Balaban J connectivity index is 2.34. The topological polar surface area (TPSA) is 46.5 Å². The summed E-state index contributed by atoms with van der Waals surface area (Å²) in [6.07, 6.45) is 9.17. The Morgan fingerprint density at radius 1 is 1.45 bits per heavy atom. The van der Waals surface area contributed by atoms with E-state index in [9.17, 15) is 4.79 Å². The van der Waals surface area contributed by atoms with Crippen LogP contribution in [0.15, 0.2) is 17.5 Å². The first-order valence-corrected chi connectivity index (χ1v) is 8.10. The van der Waals surface area contributed by atoms with E-state index in [0.29, 0.717) is 6.61 Å². The predicted octanol–water partition coefficient (Wildman–Crippen LogP) is 4.72. The van der Waals surface area contributed by atoms with Crippen molar-refractivity contribution in [2.24, 2.45) is 0 Å². The first kappa shape index (κ1) is 16.9. The molecule has 20 heavy (non-hydrogen) atoms. The molecule has 0 saturated carbocycles. The van der Waals surface area contributed by atoms with Crippen LogP contribution in [-0.2, 0) is 16.1 Å². The third-order valence-electron chi connectivity index (χ3n) is 3.15. The minimum atomic E-state index is -0.924. The number of rotatable bonds is 10. The van der Waals surface area contributed by atoms with Crippen LogP contribution in [0.5, 0.6) is 0 Å². The molecule has 0 aliphatic heterocycles. The molecule has 3 nitrogen and oxygen atoms in total. The van der Waals surface area contributed by atoms with Crippen molar-refractivity contribution >= 4 is 23.4 Å². The lowest BCUT2D eigenvalue weighted by Crippen LogP contribution is -2.07. The fraction of sp³-hybridized carbons (Fsp3) is 0.562. The molecule has 4 heteroatoms.